The molecule has 106 valence electrons. The molecule has 0 radical (unpaired) electrons. The predicted molar refractivity (Wildman–Crippen MR) is 78.8 cm³/mol. The Labute approximate surface area is 120 Å². The van der Waals surface area contributed by atoms with E-state index in [2.05, 4.69) is 17.4 Å². The number of carbonyl (C=O) groups excluding carboxylic acids is 1. The minimum absolute atomic E-state index is 0.0138. The van der Waals surface area contributed by atoms with Gasteiger partial charge in [-0.25, -0.2) is 0 Å². The summed E-state index contributed by atoms with van der Waals surface area (Å²) < 4.78 is 5.08. The summed E-state index contributed by atoms with van der Waals surface area (Å²) in [5, 5.41) is 2.97. The van der Waals surface area contributed by atoms with E-state index in [1.165, 1.54) is 5.56 Å². The van der Waals surface area contributed by atoms with Crippen molar-refractivity contribution in [2.45, 2.75) is 32.7 Å². The standard InChI is InChI=1S/C15H22ClNO2/c1-11-4-5-12(2)13(8-11)9-15(18)17-14(6-7-16)10-19-3/h4-5,8,14H,6-7,9-10H2,1-3H3,(H,17,18). The fourth-order valence-electron chi connectivity index (χ4n) is 1.97. The molecule has 0 saturated heterocycles. The third-order valence-corrected chi connectivity index (χ3v) is 3.26. The predicted octanol–water partition coefficient (Wildman–Crippen LogP) is 2.61. The molecular formula is C15H22ClNO2. The van der Waals surface area contributed by atoms with Gasteiger partial charge in [0, 0.05) is 13.0 Å². The summed E-state index contributed by atoms with van der Waals surface area (Å²) in [7, 11) is 1.62. The quantitative estimate of drug-likeness (QED) is 0.781. The number of halogens is 1. The average molecular weight is 284 g/mol. The molecule has 0 aromatic heterocycles. The molecule has 0 fully saturated rings. The molecule has 1 unspecified atom stereocenters. The molecule has 19 heavy (non-hydrogen) atoms. The van der Waals surface area contributed by atoms with Gasteiger partial charge in [0.1, 0.15) is 0 Å². The zero-order valence-electron chi connectivity index (χ0n) is 11.8. The molecule has 3 nitrogen and oxygen atoms in total. The van der Waals surface area contributed by atoms with Gasteiger partial charge >= 0.3 is 0 Å². The first-order valence-corrected chi connectivity index (χ1v) is 7.00. The van der Waals surface area contributed by atoms with Gasteiger partial charge in [0.15, 0.2) is 0 Å². The van der Waals surface area contributed by atoms with E-state index in [4.69, 9.17) is 16.3 Å². The van der Waals surface area contributed by atoms with Crippen LogP contribution in [0.1, 0.15) is 23.1 Å². The third-order valence-electron chi connectivity index (χ3n) is 3.05. The first-order valence-electron chi connectivity index (χ1n) is 6.47. The zero-order chi connectivity index (χ0) is 14.3. The molecule has 1 rings (SSSR count). The van der Waals surface area contributed by atoms with Crippen LogP contribution in [0.25, 0.3) is 0 Å². The van der Waals surface area contributed by atoms with Crippen LogP contribution < -0.4 is 5.32 Å². The summed E-state index contributed by atoms with van der Waals surface area (Å²) in [4.78, 5) is 12.0. The summed E-state index contributed by atoms with van der Waals surface area (Å²) in [6.07, 6.45) is 1.12. The van der Waals surface area contributed by atoms with Crippen molar-refractivity contribution in [3.05, 3.63) is 34.9 Å². The van der Waals surface area contributed by atoms with Gasteiger partial charge in [-0.05, 0) is 31.4 Å². The number of hydrogen-bond donors (Lipinski definition) is 1. The van der Waals surface area contributed by atoms with Crippen molar-refractivity contribution in [3.63, 3.8) is 0 Å². The van der Waals surface area contributed by atoms with E-state index in [0.29, 0.717) is 25.3 Å². The monoisotopic (exact) mass is 283 g/mol. The van der Waals surface area contributed by atoms with Crippen LogP contribution in [0.15, 0.2) is 18.2 Å². The Morgan fingerprint density at radius 1 is 1.42 bits per heavy atom. The zero-order valence-corrected chi connectivity index (χ0v) is 12.6. The van der Waals surface area contributed by atoms with Gasteiger partial charge in [0.25, 0.3) is 0 Å². The minimum Gasteiger partial charge on any atom is -0.383 e. The third kappa shape index (κ3) is 5.62. The number of rotatable bonds is 7. The Kier molecular flexibility index (Phi) is 6.89. The van der Waals surface area contributed by atoms with Gasteiger partial charge in [-0.2, -0.15) is 0 Å². The minimum atomic E-state index is -0.0138. The first kappa shape index (κ1) is 16.0. The van der Waals surface area contributed by atoms with E-state index >= 15 is 0 Å². The van der Waals surface area contributed by atoms with Crippen LogP contribution in [-0.4, -0.2) is 31.5 Å². The highest BCUT2D eigenvalue weighted by Crippen LogP contribution is 2.11. The van der Waals surface area contributed by atoms with E-state index in [0.717, 1.165) is 11.1 Å². The number of carbonyl (C=O) groups is 1. The smallest absolute Gasteiger partial charge is 0.224 e. The van der Waals surface area contributed by atoms with Gasteiger partial charge in [-0.3, -0.25) is 4.79 Å². The van der Waals surface area contributed by atoms with Crippen molar-refractivity contribution in [3.8, 4) is 0 Å². The second-order valence-electron chi connectivity index (χ2n) is 4.80. The van der Waals surface area contributed by atoms with Crippen LogP contribution in [0.2, 0.25) is 0 Å². The maximum atomic E-state index is 12.0. The lowest BCUT2D eigenvalue weighted by molar-refractivity contribution is -0.121. The first-order chi connectivity index (χ1) is 9.06. The van der Waals surface area contributed by atoms with Crippen LogP contribution >= 0.6 is 11.6 Å². The van der Waals surface area contributed by atoms with Crippen molar-refractivity contribution >= 4 is 17.5 Å². The van der Waals surface area contributed by atoms with E-state index in [9.17, 15) is 4.79 Å². The van der Waals surface area contributed by atoms with Crippen LogP contribution in [0.4, 0.5) is 0 Å². The van der Waals surface area contributed by atoms with Crippen molar-refractivity contribution in [1.82, 2.24) is 5.32 Å². The molecular weight excluding hydrogens is 262 g/mol. The molecule has 1 amide bonds. The molecule has 4 heteroatoms. The highest BCUT2D eigenvalue weighted by molar-refractivity contribution is 6.17. The fraction of sp³-hybridized carbons (Fsp3) is 0.533. The summed E-state index contributed by atoms with van der Waals surface area (Å²) in [6.45, 7) is 4.54. The number of amides is 1. The summed E-state index contributed by atoms with van der Waals surface area (Å²) >= 11 is 5.71. The Bertz CT molecular complexity index is 415. The van der Waals surface area contributed by atoms with Gasteiger partial charge < -0.3 is 10.1 Å². The van der Waals surface area contributed by atoms with Crippen molar-refractivity contribution in [1.29, 1.82) is 0 Å². The molecule has 0 saturated carbocycles. The lowest BCUT2D eigenvalue weighted by Gasteiger charge is -2.17. The number of aryl methyl sites for hydroxylation is 2. The molecule has 0 aliphatic heterocycles. The van der Waals surface area contributed by atoms with Crippen LogP contribution in [0, 0.1) is 13.8 Å². The Hall–Kier alpha value is -1.06. The SMILES string of the molecule is COCC(CCCl)NC(=O)Cc1cc(C)ccc1C. The molecule has 1 aromatic rings. The molecule has 0 aliphatic rings. The van der Waals surface area contributed by atoms with Crippen LogP contribution in [0.3, 0.4) is 0 Å². The maximum Gasteiger partial charge on any atom is 0.224 e. The van der Waals surface area contributed by atoms with E-state index in [-0.39, 0.29) is 11.9 Å². The number of nitrogens with one attached hydrogen (secondary N) is 1. The highest BCUT2D eigenvalue weighted by atomic mass is 35.5. The largest absolute Gasteiger partial charge is 0.383 e. The number of hydrogen-bond acceptors (Lipinski definition) is 2. The normalized spacial score (nSPS) is 12.2. The van der Waals surface area contributed by atoms with Gasteiger partial charge in [0.2, 0.25) is 5.91 Å². The average Bonchev–Trinajstić information content (AvgIpc) is 2.34. The Balaban J connectivity index is 2.60. The maximum absolute atomic E-state index is 12.0. The summed E-state index contributed by atoms with van der Waals surface area (Å²) in [6, 6.07) is 6.14. The number of methoxy groups -OCH3 is 1. The summed E-state index contributed by atoms with van der Waals surface area (Å²) in [5.74, 6) is 0.526. The molecule has 1 N–H and O–H groups in total. The van der Waals surface area contributed by atoms with Gasteiger partial charge in [-0.1, -0.05) is 23.8 Å². The molecule has 0 bridgehead atoms. The van der Waals surface area contributed by atoms with Crippen LogP contribution in [-0.2, 0) is 16.0 Å². The van der Waals surface area contributed by atoms with E-state index < -0.39 is 0 Å². The lowest BCUT2D eigenvalue weighted by atomic mass is 10.0. The van der Waals surface area contributed by atoms with E-state index in [1.54, 1.807) is 7.11 Å². The van der Waals surface area contributed by atoms with Crippen molar-refractivity contribution < 1.29 is 9.53 Å². The molecule has 0 spiro atoms. The lowest BCUT2D eigenvalue weighted by Crippen LogP contribution is -2.39. The topological polar surface area (TPSA) is 38.3 Å². The second-order valence-corrected chi connectivity index (χ2v) is 5.18. The Morgan fingerprint density at radius 3 is 2.79 bits per heavy atom. The number of ether oxygens (including phenoxy) is 1. The van der Waals surface area contributed by atoms with Gasteiger partial charge in [0.05, 0.1) is 19.1 Å². The van der Waals surface area contributed by atoms with Crippen LogP contribution in [0.5, 0.6) is 0 Å². The fourth-order valence-corrected chi connectivity index (χ4v) is 2.24. The molecule has 0 aliphatic carbocycles. The van der Waals surface area contributed by atoms with Gasteiger partial charge in [-0.15, -0.1) is 11.6 Å². The number of alkyl halides is 1. The van der Waals surface area contributed by atoms with Crippen molar-refractivity contribution in [2.75, 3.05) is 19.6 Å². The molecule has 0 heterocycles. The van der Waals surface area contributed by atoms with E-state index in [1.807, 2.05) is 19.9 Å². The second kappa shape index (κ2) is 8.18. The Morgan fingerprint density at radius 2 is 2.16 bits per heavy atom. The summed E-state index contributed by atoms with van der Waals surface area (Å²) in [5.41, 5.74) is 3.38. The highest BCUT2D eigenvalue weighted by Gasteiger charge is 2.13. The number of benzene rings is 1. The molecule has 1 aromatic carbocycles. The molecule has 1 atom stereocenters. The van der Waals surface area contributed by atoms with Crippen molar-refractivity contribution in [2.24, 2.45) is 0 Å².